The zero-order valence-corrected chi connectivity index (χ0v) is 51.8. The number of nitrogens with zero attached hydrogens (tertiary/aromatic N) is 2. The van der Waals surface area contributed by atoms with Crippen LogP contribution in [0.4, 0.5) is 34.1 Å². The molecule has 0 atom stereocenters. The van der Waals surface area contributed by atoms with E-state index < -0.39 is 0 Å². The third-order valence-electron chi connectivity index (χ3n) is 18.1. The maximum atomic E-state index is 2.41. The van der Waals surface area contributed by atoms with E-state index in [1.165, 1.54) is 139 Å². The second-order valence-electron chi connectivity index (χ2n) is 23.5. The second-order valence-corrected chi connectivity index (χ2v) is 25.6. The first-order chi connectivity index (χ1) is 45.6. The van der Waals surface area contributed by atoms with E-state index >= 15 is 0 Å². The molecular weight excluding hydrogens is 1150 g/mol. The zero-order chi connectivity index (χ0) is 60.9. The fourth-order valence-corrected chi connectivity index (χ4v) is 16.1. The lowest BCUT2D eigenvalue weighted by Crippen LogP contribution is -2.10. The van der Waals surface area contributed by atoms with Gasteiger partial charge in [-0.05, 0) is 145 Å². The van der Waals surface area contributed by atoms with Crippen LogP contribution < -0.4 is 9.80 Å². The first-order valence-corrected chi connectivity index (χ1v) is 33.0. The molecule has 0 saturated carbocycles. The summed E-state index contributed by atoms with van der Waals surface area (Å²) in [6, 6.07) is 128. The molecular formula is C88H58N2S2. The van der Waals surface area contributed by atoms with E-state index in [1.54, 1.807) is 0 Å². The van der Waals surface area contributed by atoms with Crippen LogP contribution in [-0.4, -0.2) is 0 Å². The van der Waals surface area contributed by atoms with Crippen LogP contribution in [0.2, 0.25) is 0 Å². The normalized spacial score (nSPS) is 11.5. The molecule has 0 aliphatic rings. The maximum Gasteiger partial charge on any atom is 0.0540 e. The molecule has 18 aromatic rings. The molecule has 0 amide bonds. The van der Waals surface area contributed by atoms with E-state index in [-0.39, 0.29) is 0 Å². The van der Waals surface area contributed by atoms with Crippen LogP contribution in [0, 0.1) is 0 Å². The Kier molecular flexibility index (Phi) is 14.0. The highest BCUT2D eigenvalue weighted by Crippen LogP contribution is 2.47. The summed E-state index contributed by atoms with van der Waals surface area (Å²) in [5, 5.41) is 15.4. The molecule has 4 heteroatoms. The summed E-state index contributed by atoms with van der Waals surface area (Å²) in [6.07, 6.45) is 0. The van der Waals surface area contributed by atoms with Crippen LogP contribution >= 0.6 is 22.7 Å². The molecule has 92 heavy (non-hydrogen) atoms. The van der Waals surface area contributed by atoms with E-state index in [1.807, 2.05) is 22.7 Å². The Morgan fingerprint density at radius 1 is 0.185 bits per heavy atom. The van der Waals surface area contributed by atoms with Crippen LogP contribution in [0.15, 0.2) is 352 Å². The van der Waals surface area contributed by atoms with Crippen LogP contribution in [0.1, 0.15) is 0 Å². The van der Waals surface area contributed by atoms with Gasteiger partial charge in [0.15, 0.2) is 0 Å². The molecule has 0 aliphatic heterocycles. The van der Waals surface area contributed by atoms with Crippen molar-refractivity contribution in [3.8, 4) is 44.5 Å². The summed E-state index contributed by atoms with van der Waals surface area (Å²) in [5.74, 6) is 0. The Morgan fingerprint density at radius 3 is 1.02 bits per heavy atom. The summed E-state index contributed by atoms with van der Waals surface area (Å²) in [6.45, 7) is 0. The Bertz CT molecular complexity index is 5720. The van der Waals surface area contributed by atoms with Crippen molar-refractivity contribution in [2.45, 2.75) is 0 Å². The highest BCUT2D eigenvalue weighted by atomic mass is 32.1. The van der Waals surface area contributed by atoms with Gasteiger partial charge in [-0.15, -0.1) is 22.7 Å². The predicted octanol–water partition coefficient (Wildman–Crippen LogP) is 26.3. The highest BCUT2D eigenvalue weighted by molar-refractivity contribution is 7.27. The van der Waals surface area contributed by atoms with Gasteiger partial charge in [-0.3, -0.25) is 0 Å². The quantitative estimate of drug-likeness (QED) is 0.135. The molecule has 0 aliphatic carbocycles. The fourth-order valence-electron chi connectivity index (χ4n) is 13.6. The van der Waals surface area contributed by atoms with E-state index in [9.17, 15) is 0 Å². The minimum absolute atomic E-state index is 1.13. The number of anilines is 6. The lowest BCUT2D eigenvalue weighted by atomic mass is 9.98. The number of fused-ring (bicyclic) bond motifs is 12. The van der Waals surface area contributed by atoms with Gasteiger partial charge in [-0.1, -0.05) is 273 Å². The third-order valence-corrected chi connectivity index (χ3v) is 20.6. The van der Waals surface area contributed by atoms with E-state index in [4.69, 9.17) is 0 Å². The first kappa shape index (κ1) is 54.7. The van der Waals surface area contributed by atoms with Crippen molar-refractivity contribution in [3.05, 3.63) is 352 Å². The van der Waals surface area contributed by atoms with Gasteiger partial charge in [-0.25, -0.2) is 0 Å². The molecule has 2 heterocycles. The SMILES string of the molecule is c1ccc(-c2ccc(N(c3ccc(-c4ccc5ccccc5c4)cc3)c3cccc4c3ccc3c5ccccc5sc43)cc2)cc1.c1ccc(-c2ccc(N(c3ccc(-c4cccc5ccccc45)cc3)c3cccc4c3ccc3c5ccccc5sc43)cc2)cc1. The van der Waals surface area contributed by atoms with Gasteiger partial charge in [0.2, 0.25) is 0 Å². The first-order valence-electron chi connectivity index (χ1n) is 31.4. The topological polar surface area (TPSA) is 6.48 Å². The standard InChI is InChI=1S/2C44H29NS/c1-2-10-30(11-3-1)31-20-24-34(25-21-31)45(35-26-22-33(23-27-35)37-16-8-13-32-12-4-5-14-36(32)37)42-18-9-17-40-38(42)28-29-41-39-15-6-7-19-43(39)46-44(40)41;1-2-9-30(10-3-1)32-19-23-36(24-20-32)45(37-25-21-33(22-26-37)35-18-17-31-11-4-5-12-34(31)29-35)42-15-8-14-40-38(42)27-28-41-39-13-6-7-16-43(39)46-44(40)41/h2*1-29H. The average Bonchev–Trinajstić information content (AvgIpc) is 1.51. The molecule has 432 valence electrons. The largest absolute Gasteiger partial charge is 0.310 e. The van der Waals surface area contributed by atoms with Crippen molar-refractivity contribution >= 4 is 140 Å². The summed E-state index contributed by atoms with van der Waals surface area (Å²) < 4.78 is 5.33. The second kappa shape index (κ2) is 23.5. The van der Waals surface area contributed by atoms with Crippen LogP contribution in [-0.2, 0) is 0 Å². The molecule has 0 bridgehead atoms. The van der Waals surface area contributed by atoms with Crippen molar-refractivity contribution in [1.29, 1.82) is 0 Å². The van der Waals surface area contributed by atoms with Crippen molar-refractivity contribution < 1.29 is 0 Å². The number of hydrogen-bond acceptors (Lipinski definition) is 4. The molecule has 16 aromatic carbocycles. The fraction of sp³-hybridized carbons (Fsp3) is 0. The van der Waals surface area contributed by atoms with Crippen molar-refractivity contribution in [2.75, 3.05) is 9.80 Å². The van der Waals surface area contributed by atoms with Crippen LogP contribution in [0.25, 0.3) is 128 Å². The van der Waals surface area contributed by atoms with Gasteiger partial charge < -0.3 is 9.80 Å². The summed E-state index contributed by atoms with van der Waals surface area (Å²) in [4.78, 5) is 4.81. The van der Waals surface area contributed by atoms with Gasteiger partial charge in [-0.2, -0.15) is 0 Å². The molecule has 0 spiro atoms. The third kappa shape index (κ3) is 10.00. The Morgan fingerprint density at radius 2 is 0.522 bits per heavy atom. The molecule has 0 fully saturated rings. The van der Waals surface area contributed by atoms with Gasteiger partial charge in [0.05, 0.1) is 11.4 Å². The van der Waals surface area contributed by atoms with Crippen molar-refractivity contribution in [2.24, 2.45) is 0 Å². The molecule has 0 saturated heterocycles. The lowest BCUT2D eigenvalue weighted by molar-refractivity contribution is 1.30. The number of hydrogen-bond donors (Lipinski definition) is 0. The minimum Gasteiger partial charge on any atom is -0.310 e. The highest BCUT2D eigenvalue weighted by Gasteiger charge is 2.21. The molecule has 2 nitrogen and oxygen atoms in total. The molecule has 0 unspecified atom stereocenters. The van der Waals surface area contributed by atoms with E-state index in [0.717, 1.165) is 22.7 Å². The number of thiophene rings is 2. The van der Waals surface area contributed by atoms with Gasteiger partial charge in [0.25, 0.3) is 0 Å². The summed E-state index contributed by atoms with van der Waals surface area (Å²) in [5.41, 5.74) is 16.6. The molecule has 0 radical (unpaired) electrons. The molecule has 18 rings (SSSR count). The van der Waals surface area contributed by atoms with E-state index in [0.29, 0.717) is 0 Å². The zero-order valence-electron chi connectivity index (χ0n) is 50.2. The Hall–Kier alpha value is -11.4. The van der Waals surface area contributed by atoms with Gasteiger partial charge in [0.1, 0.15) is 0 Å². The average molecular weight is 1210 g/mol. The van der Waals surface area contributed by atoms with Crippen molar-refractivity contribution in [1.82, 2.24) is 0 Å². The number of benzene rings is 16. The van der Waals surface area contributed by atoms with E-state index in [2.05, 4.69) is 362 Å². The maximum absolute atomic E-state index is 2.41. The smallest absolute Gasteiger partial charge is 0.0540 e. The Balaban J connectivity index is 0.000000141. The molecule has 0 N–H and O–H groups in total. The van der Waals surface area contributed by atoms with Gasteiger partial charge >= 0.3 is 0 Å². The summed E-state index contributed by atoms with van der Waals surface area (Å²) in [7, 11) is 0. The Labute approximate surface area is 542 Å². The summed E-state index contributed by atoms with van der Waals surface area (Å²) >= 11 is 3.77. The number of rotatable bonds is 10. The van der Waals surface area contributed by atoms with Gasteiger partial charge in [0, 0.05) is 84.6 Å². The van der Waals surface area contributed by atoms with Crippen LogP contribution in [0.3, 0.4) is 0 Å². The lowest BCUT2D eigenvalue weighted by Gasteiger charge is -2.27. The van der Waals surface area contributed by atoms with Crippen molar-refractivity contribution in [3.63, 3.8) is 0 Å². The monoisotopic (exact) mass is 1210 g/mol. The predicted molar refractivity (Wildman–Crippen MR) is 400 cm³/mol. The van der Waals surface area contributed by atoms with Crippen LogP contribution in [0.5, 0.6) is 0 Å². The minimum atomic E-state index is 1.13. The molecule has 2 aromatic heterocycles.